The van der Waals surface area contributed by atoms with Gasteiger partial charge in [0.15, 0.2) is 0 Å². The number of carboxylic acids is 1. The van der Waals surface area contributed by atoms with Crippen LogP contribution >= 0.6 is 15.9 Å². The molecule has 4 rings (SSSR count). The number of benzene rings is 3. The minimum Gasteiger partial charge on any atom is -0.481 e. The number of halogens is 1. The van der Waals surface area contributed by atoms with Crippen LogP contribution in [0, 0.1) is 0 Å². The molecule has 1 aliphatic heterocycles. The first kappa shape index (κ1) is 22.8. The van der Waals surface area contributed by atoms with E-state index in [4.69, 9.17) is 5.11 Å². The Kier molecular flexibility index (Phi) is 6.91. The van der Waals surface area contributed by atoms with Crippen LogP contribution in [-0.4, -0.2) is 24.0 Å². The molecule has 0 fully saturated rings. The average molecular weight is 506 g/mol. The fraction of sp³-hybridized carbons (Fsp3) is 0.154. The zero-order valence-corrected chi connectivity index (χ0v) is 19.7. The van der Waals surface area contributed by atoms with E-state index in [0.29, 0.717) is 17.7 Å². The van der Waals surface area contributed by atoms with Crippen molar-refractivity contribution in [2.75, 3.05) is 17.7 Å². The molecule has 0 spiro atoms. The van der Waals surface area contributed by atoms with Crippen molar-refractivity contribution in [2.24, 2.45) is 0 Å². The van der Waals surface area contributed by atoms with Crippen molar-refractivity contribution in [3.8, 4) is 0 Å². The molecule has 1 amide bonds. The van der Waals surface area contributed by atoms with E-state index in [2.05, 4.69) is 31.9 Å². The van der Waals surface area contributed by atoms with E-state index in [1.54, 1.807) is 0 Å². The summed E-state index contributed by atoms with van der Waals surface area (Å²) in [5.74, 6) is -0.997. The van der Waals surface area contributed by atoms with E-state index >= 15 is 0 Å². The summed E-state index contributed by atoms with van der Waals surface area (Å²) in [4.78, 5) is 23.9. The first-order chi connectivity index (χ1) is 15.9. The molecule has 0 bridgehead atoms. The van der Waals surface area contributed by atoms with Gasteiger partial charge in [0.05, 0.1) is 17.0 Å². The standard InChI is InChI=1S/C26H24BrN3O3/c1-28-15-17-4-10-20(11-5-17)29-25(18-7-2-16(3-8-18)6-13-23(31)32)24-21-12-9-19(27)14-22(21)30-26(24)33/h2-5,7-12,14,28-29H,6,13,15H2,1H3,(H,30,33)(H,31,32). The van der Waals surface area contributed by atoms with Crippen LogP contribution in [0.15, 0.2) is 71.2 Å². The smallest absolute Gasteiger partial charge is 0.303 e. The normalized spacial score (nSPS) is 13.9. The minimum atomic E-state index is -0.823. The van der Waals surface area contributed by atoms with Crippen molar-refractivity contribution < 1.29 is 14.7 Å². The van der Waals surface area contributed by atoms with Crippen molar-refractivity contribution in [2.45, 2.75) is 19.4 Å². The molecule has 0 aromatic heterocycles. The molecule has 3 aromatic carbocycles. The third-order valence-corrected chi connectivity index (χ3v) is 5.94. The van der Waals surface area contributed by atoms with Gasteiger partial charge in [0.1, 0.15) is 0 Å². The predicted octanol–water partition coefficient (Wildman–Crippen LogP) is 5.12. The molecular weight excluding hydrogens is 482 g/mol. The molecule has 1 heterocycles. The summed E-state index contributed by atoms with van der Waals surface area (Å²) >= 11 is 3.46. The summed E-state index contributed by atoms with van der Waals surface area (Å²) in [6.07, 6.45) is 0.536. The number of hydrogen-bond acceptors (Lipinski definition) is 4. The van der Waals surface area contributed by atoms with E-state index in [9.17, 15) is 9.59 Å². The highest BCUT2D eigenvalue weighted by Crippen LogP contribution is 2.38. The highest BCUT2D eigenvalue weighted by molar-refractivity contribution is 9.10. The van der Waals surface area contributed by atoms with Crippen LogP contribution in [0.25, 0.3) is 11.3 Å². The Balaban J connectivity index is 1.75. The van der Waals surface area contributed by atoms with Crippen LogP contribution in [0.5, 0.6) is 0 Å². The molecule has 0 saturated carbocycles. The van der Waals surface area contributed by atoms with Crippen LogP contribution < -0.4 is 16.0 Å². The monoisotopic (exact) mass is 505 g/mol. The SMILES string of the molecule is CNCc1ccc(NC(=C2C(=O)Nc3cc(Br)ccc32)c2ccc(CCC(=O)O)cc2)cc1. The number of aryl methyl sites for hydroxylation is 1. The number of anilines is 2. The Bertz CT molecular complexity index is 1220. The van der Waals surface area contributed by atoms with Crippen LogP contribution in [0.1, 0.15) is 28.7 Å². The molecule has 1 aliphatic rings. The highest BCUT2D eigenvalue weighted by atomic mass is 79.9. The lowest BCUT2D eigenvalue weighted by molar-refractivity contribution is -0.137. The zero-order valence-electron chi connectivity index (χ0n) is 18.1. The van der Waals surface area contributed by atoms with Crippen LogP contribution in [0.3, 0.4) is 0 Å². The van der Waals surface area contributed by atoms with Gasteiger partial charge in [-0.2, -0.15) is 0 Å². The summed E-state index contributed by atoms with van der Waals surface area (Å²) in [6, 6.07) is 21.4. The lowest BCUT2D eigenvalue weighted by atomic mass is 9.98. The van der Waals surface area contributed by atoms with Gasteiger partial charge in [-0.3, -0.25) is 9.59 Å². The molecule has 0 saturated heterocycles. The van der Waals surface area contributed by atoms with E-state index in [-0.39, 0.29) is 12.3 Å². The second-order valence-corrected chi connectivity index (χ2v) is 8.75. The van der Waals surface area contributed by atoms with Gasteiger partial charge in [-0.15, -0.1) is 0 Å². The van der Waals surface area contributed by atoms with Crippen molar-refractivity contribution in [1.29, 1.82) is 0 Å². The largest absolute Gasteiger partial charge is 0.481 e. The second kappa shape index (κ2) is 10.0. The molecule has 0 aliphatic carbocycles. The fourth-order valence-electron chi connectivity index (χ4n) is 3.82. The maximum atomic E-state index is 13.0. The number of carboxylic acid groups (broad SMARTS) is 1. The van der Waals surface area contributed by atoms with Gasteiger partial charge in [-0.1, -0.05) is 58.4 Å². The lowest BCUT2D eigenvalue weighted by Crippen LogP contribution is -2.10. The number of hydrogen-bond donors (Lipinski definition) is 4. The Morgan fingerprint density at radius 1 is 1.00 bits per heavy atom. The molecule has 0 unspecified atom stereocenters. The molecule has 6 nitrogen and oxygen atoms in total. The second-order valence-electron chi connectivity index (χ2n) is 7.84. The number of carbonyl (C=O) groups excluding carboxylic acids is 1. The lowest BCUT2D eigenvalue weighted by Gasteiger charge is -2.16. The van der Waals surface area contributed by atoms with E-state index in [0.717, 1.165) is 44.6 Å². The van der Waals surface area contributed by atoms with E-state index in [1.165, 1.54) is 0 Å². The molecule has 3 aromatic rings. The van der Waals surface area contributed by atoms with Gasteiger partial charge in [0, 0.05) is 28.7 Å². The molecule has 7 heteroatoms. The van der Waals surface area contributed by atoms with Crippen LogP contribution in [0.4, 0.5) is 11.4 Å². The molecule has 0 atom stereocenters. The fourth-order valence-corrected chi connectivity index (χ4v) is 4.18. The number of fused-ring (bicyclic) bond motifs is 1. The number of aliphatic carboxylic acids is 1. The summed E-state index contributed by atoms with van der Waals surface area (Å²) in [5, 5.41) is 18.5. The van der Waals surface area contributed by atoms with Crippen molar-refractivity contribution >= 4 is 50.5 Å². The topological polar surface area (TPSA) is 90.5 Å². The van der Waals surface area contributed by atoms with Gasteiger partial charge < -0.3 is 21.1 Å². The maximum Gasteiger partial charge on any atom is 0.303 e. The summed E-state index contributed by atoms with van der Waals surface area (Å²) in [5.41, 5.74) is 6.64. The predicted molar refractivity (Wildman–Crippen MR) is 135 cm³/mol. The average Bonchev–Trinajstić information content (AvgIpc) is 3.12. The Labute approximate surface area is 200 Å². The third kappa shape index (κ3) is 5.32. The summed E-state index contributed by atoms with van der Waals surface area (Å²) in [6.45, 7) is 0.774. The minimum absolute atomic E-state index is 0.0785. The van der Waals surface area contributed by atoms with Crippen molar-refractivity contribution in [3.05, 3.63) is 93.5 Å². The highest BCUT2D eigenvalue weighted by Gasteiger charge is 2.28. The zero-order chi connectivity index (χ0) is 23.4. The Morgan fingerprint density at radius 2 is 1.70 bits per heavy atom. The maximum absolute atomic E-state index is 13.0. The Hall–Kier alpha value is -3.42. The summed E-state index contributed by atoms with van der Waals surface area (Å²) in [7, 11) is 1.91. The molecule has 0 radical (unpaired) electrons. The van der Waals surface area contributed by atoms with Gasteiger partial charge in [0.2, 0.25) is 0 Å². The number of nitrogens with one attached hydrogen (secondary N) is 3. The van der Waals surface area contributed by atoms with Gasteiger partial charge >= 0.3 is 5.97 Å². The quantitative estimate of drug-likeness (QED) is 0.319. The molecule has 4 N–H and O–H groups in total. The third-order valence-electron chi connectivity index (χ3n) is 5.45. The van der Waals surface area contributed by atoms with Gasteiger partial charge in [-0.05, 0) is 54.4 Å². The van der Waals surface area contributed by atoms with Crippen LogP contribution in [-0.2, 0) is 22.6 Å². The van der Waals surface area contributed by atoms with Gasteiger partial charge in [0.25, 0.3) is 5.91 Å². The summed E-state index contributed by atoms with van der Waals surface area (Å²) < 4.78 is 0.889. The van der Waals surface area contributed by atoms with Crippen LogP contribution in [0.2, 0.25) is 0 Å². The first-order valence-corrected chi connectivity index (χ1v) is 11.4. The number of amides is 1. The first-order valence-electron chi connectivity index (χ1n) is 10.6. The molecule has 168 valence electrons. The number of rotatable bonds is 8. The van der Waals surface area contributed by atoms with Gasteiger partial charge in [-0.25, -0.2) is 0 Å². The molecular formula is C26H24BrN3O3. The van der Waals surface area contributed by atoms with Crippen molar-refractivity contribution in [3.63, 3.8) is 0 Å². The molecule has 33 heavy (non-hydrogen) atoms. The van der Waals surface area contributed by atoms with Crippen molar-refractivity contribution in [1.82, 2.24) is 5.32 Å². The number of carbonyl (C=O) groups is 2. The van der Waals surface area contributed by atoms with E-state index < -0.39 is 5.97 Å². The Morgan fingerprint density at radius 3 is 2.36 bits per heavy atom. The van der Waals surface area contributed by atoms with E-state index in [1.807, 2.05) is 73.8 Å².